The van der Waals surface area contributed by atoms with E-state index in [1.807, 2.05) is 55.8 Å². The van der Waals surface area contributed by atoms with Gasteiger partial charge in [-0.2, -0.15) is 5.10 Å². The normalized spacial score (nSPS) is 11.1. The quantitative estimate of drug-likeness (QED) is 0.503. The van der Waals surface area contributed by atoms with Crippen LogP contribution in [-0.4, -0.2) is 25.7 Å². The van der Waals surface area contributed by atoms with Crippen LogP contribution in [0.4, 0.5) is 5.82 Å². The largest absolute Gasteiger partial charge is 0.307 e. The van der Waals surface area contributed by atoms with E-state index in [1.54, 1.807) is 29.3 Å². The molecule has 0 aliphatic heterocycles. The van der Waals surface area contributed by atoms with Crippen LogP contribution in [0.15, 0.2) is 79.5 Å². The van der Waals surface area contributed by atoms with Crippen molar-refractivity contribution in [2.45, 2.75) is 0 Å². The van der Waals surface area contributed by atoms with Crippen molar-refractivity contribution >= 4 is 33.3 Å². The highest BCUT2D eigenvalue weighted by Gasteiger charge is 2.09. The Kier molecular flexibility index (Phi) is 4.02. The van der Waals surface area contributed by atoms with Crippen molar-refractivity contribution < 1.29 is 4.79 Å². The molecule has 0 aliphatic rings. The molecule has 0 fully saturated rings. The molecule has 1 amide bonds. The molecular weight excluding hydrogens is 362 g/mol. The average Bonchev–Trinajstić information content (AvgIpc) is 3.19. The van der Waals surface area contributed by atoms with E-state index in [2.05, 4.69) is 26.4 Å². The zero-order valence-electron chi connectivity index (χ0n) is 15.7. The Morgan fingerprint density at radius 1 is 0.862 bits per heavy atom. The number of carbonyl (C=O) groups excluding carboxylic acids is 1. The van der Waals surface area contributed by atoms with E-state index >= 15 is 0 Å². The van der Waals surface area contributed by atoms with Gasteiger partial charge in [-0.1, -0.05) is 18.2 Å². The molecule has 5 rings (SSSR count). The SMILES string of the molecule is Cn1cc(-c2ccc3cnc(NC(=O)c4ccc5cnccc5c4)cc3c2)cn1. The number of carbonyl (C=O) groups is 1. The molecule has 2 aromatic carbocycles. The first-order chi connectivity index (χ1) is 14.2. The van der Waals surface area contributed by atoms with E-state index in [-0.39, 0.29) is 5.91 Å². The summed E-state index contributed by atoms with van der Waals surface area (Å²) in [6.45, 7) is 0. The summed E-state index contributed by atoms with van der Waals surface area (Å²) < 4.78 is 1.78. The number of pyridine rings is 2. The van der Waals surface area contributed by atoms with Gasteiger partial charge in [0.2, 0.25) is 0 Å². The second-order valence-electron chi connectivity index (χ2n) is 6.93. The molecule has 1 N–H and O–H groups in total. The van der Waals surface area contributed by atoms with E-state index in [1.165, 1.54) is 0 Å². The third kappa shape index (κ3) is 3.32. The Labute approximate surface area is 166 Å². The number of anilines is 1. The van der Waals surface area contributed by atoms with Gasteiger partial charge in [-0.3, -0.25) is 14.5 Å². The molecule has 6 nitrogen and oxygen atoms in total. The van der Waals surface area contributed by atoms with Gasteiger partial charge in [-0.15, -0.1) is 0 Å². The van der Waals surface area contributed by atoms with E-state index in [0.29, 0.717) is 11.4 Å². The number of nitrogens with zero attached hydrogens (tertiary/aromatic N) is 4. The van der Waals surface area contributed by atoms with Gasteiger partial charge >= 0.3 is 0 Å². The standard InChI is InChI=1S/C23H17N5O/c1-28-14-21(13-26-28)15-2-4-19-12-25-22(10-20(19)9-15)27-23(29)17-3-5-18-11-24-7-6-16(18)8-17/h2-14H,1H3,(H,25,27,29). The molecule has 0 aliphatic carbocycles. The molecule has 0 atom stereocenters. The number of nitrogens with one attached hydrogen (secondary N) is 1. The number of rotatable bonds is 3. The van der Waals surface area contributed by atoms with Crippen LogP contribution in [-0.2, 0) is 7.05 Å². The number of hydrogen-bond acceptors (Lipinski definition) is 4. The zero-order valence-corrected chi connectivity index (χ0v) is 15.7. The number of benzene rings is 2. The Bertz CT molecular complexity index is 1370. The fourth-order valence-corrected chi connectivity index (χ4v) is 3.37. The maximum Gasteiger partial charge on any atom is 0.256 e. The van der Waals surface area contributed by atoms with Crippen LogP contribution in [0.1, 0.15) is 10.4 Å². The van der Waals surface area contributed by atoms with Gasteiger partial charge in [0.25, 0.3) is 5.91 Å². The summed E-state index contributed by atoms with van der Waals surface area (Å²) in [7, 11) is 1.89. The van der Waals surface area contributed by atoms with E-state index < -0.39 is 0 Å². The van der Waals surface area contributed by atoms with Crippen LogP contribution in [0.2, 0.25) is 0 Å². The lowest BCUT2D eigenvalue weighted by atomic mass is 10.0. The molecule has 3 aromatic heterocycles. The van der Waals surface area contributed by atoms with Crippen molar-refractivity contribution in [3.63, 3.8) is 0 Å². The topological polar surface area (TPSA) is 72.7 Å². The molecular formula is C23H17N5O. The zero-order chi connectivity index (χ0) is 19.8. The molecule has 0 radical (unpaired) electrons. The maximum absolute atomic E-state index is 12.7. The van der Waals surface area contributed by atoms with Crippen molar-refractivity contribution in [3.05, 3.63) is 85.1 Å². The Hall–Kier alpha value is -4.06. The molecule has 6 heteroatoms. The number of hydrogen-bond donors (Lipinski definition) is 1. The lowest BCUT2D eigenvalue weighted by Gasteiger charge is -2.08. The van der Waals surface area contributed by atoms with Gasteiger partial charge in [-0.05, 0) is 46.7 Å². The lowest BCUT2D eigenvalue weighted by Crippen LogP contribution is -2.12. The van der Waals surface area contributed by atoms with Gasteiger partial charge in [0.1, 0.15) is 5.82 Å². The lowest BCUT2D eigenvalue weighted by molar-refractivity contribution is 0.102. The predicted molar refractivity (Wildman–Crippen MR) is 114 cm³/mol. The highest BCUT2D eigenvalue weighted by atomic mass is 16.1. The van der Waals surface area contributed by atoms with Crippen LogP contribution >= 0.6 is 0 Å². The van der Waals surface area contributed by atoms with Gasteiger partial charge in [0.05, 0.1) is 6.20 Å². The van der Waals surface area contributed by atoms with Crippen LogP contribution in [0.5, 0.6) is 0 Å². The summed E-state index contributed by atoms with van der Waals surface area (Å²) in [6.07, 6.45) is 9.07. The second-order valence-corrected chi connectivity index (χ2v) is 6.93. The van der Waals surface area contributed by atoms with Crippen molar-refractivity contribution in [1.29, 1.82) is 0 Å². The fraction of sp³-hybridized carbons (Fsp3) is 0.0435. The summed E-state index contributed by atoms with van der Waals surface area (Å²) in [5, 5.41) is 11.1. The Morgan fingerprint density at radius 3 is 2.59 bits per heavy atom. The minimum atomic E-state index is -0.195. The highest BCUT2D eigenvalue weighted by Crippen LogP contribution is 2.25. The average molecular weight is 379 g/mol. The number of aromatic nitrogens is 4. The van der Waals surface area contributed by atoms with Crippen molar-refractivity contribution in [2.24, 2.45) is 7.05 Å². The third-order valence-electron chi connectivity index (χ3n) is 4.90. The third-order valence-corrected chi connectivity index (χ3v) is 4.90. The summed E-state index contributed by atoms with van der Waals surface area (Å²) in [4.78, 5) is 21.2. The Balaban J connectivity index is 1.45. The van der Waals surface area contributed by atoms with E-state index in [4.69, 9.17) is 0 Å². The Morgan fingerprint density at radius 2 is 1.72 bits per heavy atom. The monoisotopic (exact) mass is 379 g/mol. The van der Waals surface area contributed by atoms with Crippen molar-refractivity contribution in [3.8, 4) is 11.1 Å². The predicted octanol–water partition coefficient (Wildman–Crippen LogP) is 4.44. The molecule has 5 aromatic rings. The summed E-state index contributed by atoms with van der Waals surface area (Å²) in [5.74, 6) is 0.319. The van der Waals surface area contributed by atoms with Crippen LogP contribution in [0.3, 0.4) is 0 Å². The number of aryl methyl sites for hydroxylation is 1. The molecule has 3 heterocycles. The van der Waals surface area contributed by atoms with Gasteiger partial charge in [0, 0.05) is 53.7 Å². The molecule has 0 saturated carbocycles. The minimum Gasteiger partial charge on any atom is -0.307 e. The molecule has 0 bridgehead atoms. The van der Waals surface area contributed by atoms with Gasteiger partial charge in [0.15, 0.2) is 0 Å². The maximum atomic E-state index is 12.7. The van der Waals surface area contributed by atoms with E-state index in [0.717, 1.165) is 32.7 Å². The highest BCUT2D eigenvalue weighted by molar-refractivity contribution is 6.06. The van der Waals surface area contributed by atoms with Gasteiger partial charge in [-0.25, -0.2) is 4.98 Å². The molecule has 0 spiro atoms. The summed E-state index contributed by atoms with van der Waals surface area (Å²) >= 11 is 0. The van der Waals surface area contributed by atoms with Gasteiger partial charge < -0.3 is 5.32 Å². The first-order valence-electron chi connectivity index (χ1n) is 9.20. The van der Waals surface area contributed by atoms with Crippen molar-refractivity contribution in [1.82, 2.24) is 19.7 Å². The van der Waals surface area contributed by atoms with Crippen LogP contribution in [0, 0.1) is 0 Å². The summed E-state index contributed by atoms with van der Waals surface area (Å²) in [5.41, 5.74) is 2.69. The number of fused-ring (bicyclic) bond motifs is 2. The van der Waals surface area contributed by atoms with E-state index in [9.17, 15) is 4.79 Å². The number of amides is 1. The first kappa shape index (κ1) is 17.1. The van der Waals surface area contributed by atoms with Crippen LogP contribution in [0.25, 0.3) is 32.7 Å². The second kappa shape index (κ2) is 6.83. The van der Waals surface area contributed by atoms with Crippen LogP contribution < -0.4 is 5.32 Å². The molecule has 140 valence electrons. The summed E-state index contributed by atoms with van der Waals surface area (Å²) in [6, 6.07) is 15.5. The minimum absolute atomic E-state index is 0.195. The molecule has 29 heavy (non-hydrogen) atoms. The molecule has 0 unspecified atom stereocenters. The fourth-order valence-electron chi connectivity index (χ4n) is 3.37. The first-order valence-corrected chi connectivity index (χ1v) is 9.20. The smallest absolute Gasteiger partial charge is 0.256 e. The molecule has 0 saturated heterocycles. The van der Waals surface area contributed by atoms with Crippen molar-refractivity contribution in [2.75, 3.05) is 5.32 Å².